The summed E-state index contributed by atoms with van der Waals surface area (Å²) >= 11 is 0. The van der Waals surface area contributed by atoms with Crippen LogP contribution in [0.25, 0.3) is 0 Å². The summed E-state index contributed by atoms with van der Waals surface area (Å²) in [5, 5.41) is 15.3. The van der Waals surface area contributed by atoms with E-state index < -0.39 is 6.10 Å². The van der Waals surface area contributed by atoms with Crippen LogP contribution in [0.5, 0.6) is 11.5 Å². The van der Waals surface area contributed by atoms with Crippen LogP contribution in [0.2, 0.25) is 0 Å². The van der Waals surface area contributed by atoms with Crippen LogP contribution < -0.4 is 20.1 Å². The van der Waals surface area contributed by atoms with E-state index in [9.17, 15) is 9.90 Å². The predicted octanol–water partition coefficient (Wildman–Crippen LogP) is 0.866. The van der Waals surface area contributed by atoms with Gasteiger partial charge in [0.25, 0.3) is 0 Å². The van der Waals surface area contributed by atoms with Crippen molar-refractivity contribution in [1.29, 1.82) is 0 Å². The third-order valence-corrected chi connectivity index (χ3v) is 3.89. The molecule has 1 aliphatic heterocycles. The number of rotatable bonds is 8. The fourth-order valence-corrected chi connectivity index (χ4v) is 2.69. The first-order chi connectivity index (χ1) is 11.1. The van der Waals surface area contributed by atoms with E-state index in [1.165, 1.54) is 0 Å². The summed E-state index contributed by atoms with van der Waals surface area (Å²) in [4.78, 5) is 11.9. The van der Waals surface area contributed by atoms with Crippen molar-refractivity contribution >= 4 is 5.91 Å². The average molecular weight is 322 g/mol. The van der Waals surface area contributed by atoms with E-state index in [2.05, 4.69) is 10.6 Å². The lowest BCUT2D eigenvalue weighted by Crippen LogP contribution is -2.40. The van der Waals surface area contributed by atoms with E-state index in [0.717, 1.165) is 29.9 Å². The molecule has 1 fully saturated rings. The number of hydrogen-bond donors (Lipinski definition) is 3. The van der Waals surface area contributed by atoms with Gasteiger partial charge in [-0.2, -0.15) is 0 Å². The number of aliphatic hydroxyl groups excluding tert-OH is 1. The zero-order valence-electron chi connectivity index (χ0n) is 13.8. The van der Waals surface area contributed by atoms with Gasteiger partial charge in [0.1, 0.15) is 0 Å². The van der Waals surface area contributed by atoms with Gasteiger partial charge in [0.05, 0.1) is 25.9 Å². The van der Waals surface area contributed by atoms with Crippen LogP contribution in [0.4, 0.5) is 0 Å². The first kappa shape index (κ1) is 17.6. The Kier molecular flexibility index (Phi) is 6.67. The molecule has 1 amide bonds. The molecule has 1 saturated heterocycles. The van der Waals surface area contributed by atoms with E-state index >= 15 is 0 Å². The number of hydrogen-bond acceptors (Lipinski definition) is 5. The Hall–Kier alpha value is -1.79. The monoisotopic (exact) mass is 322 g/mol. The number of benzene rings is 1. The number of aliphatic hydroxyl groups is 1. The lowest BCUT2D eigenvalue weighted by Gasteiger charge is -2.12. The summed E-state index contributed by atoms with van der Waals surface area (Å²) in [6, 6.07) is 5.63. The van der Waals surface area contributed by atoms with E-state index in [1.54, 1.807) is 7.11 Å². The van der Waals surface area contributed by atoms with Gasteiger partial charge in [0.2, 0.25) is 5.91 Å². The van der Waals surface area contributed by atoms with Gasteiger partial charge in [-0.25, -0.2) is 0 Å². The summed E-state index contributed by atoms with van der Waals surface area (Å²) in [6.07, 6.45) is 1.77. The molecule has 2 atom stereocenters. The van der Waals surface area contributed by atoms with Gasteiger partial charge >= 0.3 is 0 Å². The van der Waals surface area contributed by atoms with Gasteiger partial charge in [0, 0.05) is 13.1 Å². The van der Waals surface area contributed by atoms with Crippen molar-refractivity contribution in [3.05, 3.63) is 23.8 Å². The quantitative estimate of drug-likeness (QED) is 0.619. The largest absolute Gasteiger partial charge is 0.493 e. The lowest BCUT2D eigenvalue weighted by atomic mass is 10.1. The maximum Gasteiger partial charge on any atom is 0.237 e. The van der Waals surface area contributed by atoms with E-state index in [0.29, 0.717) is 26.1 Å². The van der Waals surface area contributed by atoms with Crippen molar-refractivity contribution in [2.45, 2.75) is 38.3 Å². The second kappa shape index (κ2) is 8.74. The van der Waals surface area contributed by atoms with Crippen molar-refractivity contribution in [3.8, 4) is 11.5 Å². The number of carbonyl (C=O) groups is 1. The minimum atomic E-state index is -0.415. The third kappa shape index (κ3) is 5.11. The van der Waals surface area contributed by atoms with Crippen molar-refractivity contribution in [3.63, 3.8) is 0 Å². The average Bonchev–Trinajstić information content (AvgIpc) is 2.98. The number of methoxy groups -OCH3 is 1. The summed E-state index contributed by atoms with van der Waals surface area (Å²) < 4.78 is 10.8. The molecule has 6 nitrogen and oxygen atoms in total. The fourth-order valence-electron chi connectivity index (χ4n) is 2.69. The standard InChI is InChI=1S/C17H26N2O4/c1-3-23-16-9-12(6-7-15(16)22-2)5-4-8-18-17(21)14-10-13(20)11-19-14/h6-7,9,13-14,19-20H,3-5,8,10-11H2,1-2H3,(H,18,21). The summed E-state index contributed by atoms with van der Waals surface area (Å²) in [5.74, 6) is 1.45. The van der Waals surface area contributed by atoms with Gasteiger partial charge in [-0.05, 0) is 43.9 Å². The minimum absolute atomic E-state index is 0.0358. The number of ether oxygens (including phenoxy) is 2. The highest BCUT2D eigenvalue weighted by Gasteiger charge is 2.27. The highest BCUT2D eigenvalue weighted by Crippen LogP contribution is 2.28. The zero-order valence-corrected chi connectivity index (χ0v) is 13.8. The maximum absolute atomic E-state index is 11.9. The molecule has 0 bridgehead atoms. The van der Waals surface area contributed by atoms with Crippen LogP contribution in [0.1, 0.15) is 25.3 Å². The molecule has 2 unspecified atom stereocenters. The molecule has 0 saturated carbocycles. The molecule has 0 radical (unpaired) electrons. The van der Waals surface area contributed by atoms with Crippen molar-refractivity contribution in [2.24, 2.45) is 0 Å². The minimum Gasteiger partial charge on any atom is -0.493 e. The molecular formula is C17H26N2O4. The fraction of sp³-hybridized carbons (Fsp3) is 0.588. The van der Waals surface area contributed by atoms with E-state index in [1.807, 2.05) is 25.1 Å². The smallest absolute Gasteiger partial charge is 0.237 e. The van der Waals surface area contributed by atoms with Gasteiger partial charge < -0.3 is 25.2 Å². The van der Waals surface area contributed by atoms with Crippen molar-refractivity contribution in [2.75, 3.05) is 26.8 Å². The van der Waals surface area contributed by atoms with Crippen molar-refractivity contribution in [1.82, 2.24) is 10.6 Å². The number of β-amino-alcohol motifs (C(OH)–C–C–N with tert-alkyl or cyclic N) is 1. The molecule has 1 heterocycles. The molecule has 0 aromatic heterocycles. The van der Waals surface area contributed by atoms with Crippen LogP contribution >= 0.6 is 0 Å². The Morgan fingerprint density at radius 2 is 2.26 bits per heavy atom. The second-order valence-corrected chi connectivity index (χ2v) is 5.66. The molecule has 0 spiro atoms. The number of amides is 1. The Labute approximate surface area is 137 Å². The molecule has 1 aliphatic rings. The van der Waals surface area contributed by atoms with E-state index in [-0.39, 0.29) is 11.9 Å². The second-order valence-electron chi connectivity index (χ2n) is 5.66. The Morgan fingerprint density at radius 1 is 1.43 bits per heavy atom. The molecule has 23 heavy (non-hydrogen) atoms. The van der Waals surface area contributed by atoms with Crippen LogP contribution in [0.3, 0.4) is 0 Å². The van der Waals surface area contributed by atoms with Crippen LogP contribution in [0, 0.1) is 0 Å². The molecule has 1 aromatic rings. The van der Waals surface area contributed by atoms with Crippen LogP contribution in [-0.4, -0.2) is 50.0 Å². The molecule has 3 N–H and O–H groups in total. The van der Waals surface area contributed by atoms with Gasteiger partial charge in [-0.3, -0.25) is 4.79 Å². The Balaban J connectivity index is 1.75. The van der Waals surface area contributed by atoms with Gasteiger partial charge in [0.15, 0.2) is 11.5 Å². The third-order valence-electron chi connectivity index (χ3n) is 3.89. The highest BCUT2D eigenvalue weighted by atomic mass is 16.5. The summed E-state index contributed by atoms with van der Waals surface area (Å²) in [5.41, 5.74) is 1.15. The number of aryl methyl sites for hydroxylation is 1. The van der Waals surface area contributed by atoms with Crippen molar-refractivity contribution < 1.29 is 19.4 Å². The Morgan fingerprint density at radius 3 is 2.91 bits per heavy atom. The molecule has 1 aromatic carbocycles. The first-order valence-electron chi connectivity index (χ1n) is 8.13. The first-order valence-corrected chi connectivity index (χ1v) is 8.13. The molecule has 0 aliphatic carbocycles. The lowest BCUT2D eigenvalue weighted by molar-refractivity contribution is -0.122. The molecule has 2 rings (SSSR count). The Bertz CT molecular complexity index is 521. The molecule has 6 heteroatoms. The predicted molar refractivity (Wildman–Crippen MR) is 87.9 cm³/mol. The highest BCUT2D eigenvalue weighted by molar-refractivity contribution is 5.82. The summed E-state index contributed by atoms with van der Waals surface area (Å²) in [6.45, 7) is 3.64. The topological polar surface area (TPSA) is 79.8 Å². The normalized spacial score (nSPS) is 20.3. The van der Waals surface area contributed by atoms with Crippen LogP contribution in [0.15, 0.2) is 18.2 Å². The summed E-state index contributed by atoms with van der Waals surface area (Å²) in [7, 11) is 1.63. The SMILES string of the molecule is CCOc1cc(CCCNC(=O)C2CC(O)CN2)ccc1OC. The van der Waals surface area contributed by atoms with Gasteiger partial charge in [-0.1, -0.05) is 6.07 Å². The maximum atomic E-state index is 11.9. The van der Waals surface area contributed by atoms with E-state index in [4.69, 9.17) is 9.47 Å². The molecule has 128 valence electrons. The number of carbonyl (C=O) groups excluding carboxylic acids is 1. The zero-order chi connectivity index (χ0) is 16.7. The van der Waals surface area contributed by atoms with Gasteiger partial charge in [-0.15, -0.1) is 0 Å². The van der Waals surface area contributed by atoms with Crippen LogP contribution in [-0.2, 0) is 11.2 Å². The number of nitrogens with one attached hydrogen (secondary N) is 2. The molecular weight excluding hydrogens is 296 g/mol.